The summed E-state index contributed by atoms with van der Waals surface area (Å²) in [6.07, 6.45) is 6.99. The number of likely N-dealkylation sites (tertiary alicyclic amines) is 1. The molecule has 6 heteroatoms. The van der Waals surface area contributed by atoms with E-state index in [4.69, 9.17) is 19.6 Å². The van der Waals surface area contributed by atoms with Crippen molar-refractivity contribution >= 4 is 0 Å². The average Bonchev–Trinajstić information content (AvgIpc) is 3.33. The predicted molar refractivity (Wildman–Crippen MR) is 95.9 cm³/mol. The van der Waals surface area contributed by atoms with Crippen LogP contribution in [-0.4, -0.2) is 65.2 Å². The largest absolute Gasteiger partial charge is 0.381 e. The molecule has 0 spiro atoms. The fourth-order valence-electron chi connectivity index (χ4n) is 4.53. The first-order valence-electron chi connectivity index (χ1n) is 10.2. The molecule has 1 aromatic heterocycles. The SMILES string of the molecule is CCCn1nc([C@@H]2CCOC2)nc1C1CCN(C2CCOCC2)CC1. The van der Waals surface area contributed by atoms with Gasteiger partial charge in [-0.15, -0.1) is 0 Å². The second-order valence-electron chi connectivity index (χ2n) is 7.77. The third-order valence-corrected chi connectivity index (χ3v) is 6.05. The van der Waals surface area contributed by atoms with Crippen molar-refractivity contribution in [3.63, 3.8) is 0 Å². The number of hydrogen-bond donors (Lipinski definition) is 0. The summed E-state index contributed by atoms with van der Waals surface area (Å²) in [4.78, 5) is 7.69. The minimum atomic E-state index is 0.402. The van der Waals surface area contributed by atoms with Crippen LogP contribution in [0, 0.1) is 0 Å². The summed E-state index contributed by atoms with van der Waals surface area (Å²) < 4.78 is 13.3. The highest BCUT2D eigenvalue weighted by atomic mass is 16.5. The standard InChI is InChI=1S/C19H32N4O2/c1-2-8-23-19(20-18(21-23)16-5-11-25-14-16)15-3-9-22(10-4-15)17-6-12-24-13-7-17/h15-17H,2-14H2,1H3/t16-/m1/s1. The zero-order valence-electron chi connectivity index (χ0n) is 15.5. The van der Waals surface area contributed by atoms with Crippen LogP contribution in [0.1, 0.15) is 68.9 Å². The molecular formula is C19H32N4O2. The van der Waals surface area contributed by atoms with Gasteiger partial charge in [0.15, 0.2) is 5.82 Å². The van der Waals surface area contributed by atoms with E-state index in [1.807, 2.05) is 0 Å². The Kier molecular flexibility index (Phi) is 5.68. The number of piperidine rings is 1. The predicted octanol–water partition coefficient (Wildman–Crippen LogP) is 2.55. The molecule has 1 atom stereocenters. The number of ether oxygens (including phenoxy) is 2. The van der Waals surface area contributed by atoms with Crippen molar-refractivity contribution in [3.05, 3.63) is 11.6 Å². The van der Waals surface area contributed by atoms with E-state index in [0.29, 0.717) is 11.8 Å². The van der Waals surface area contributed by atoms with Crippen LogP contribution >= 0.6 is 0 Å². The Hall–Kier alpha value is -0.980. The van der Waals surface area contributed by atoms with Crippen molar-refractivity contribution in [3.8, 4) is 0 Å². The Bertz CT molecular complexity index is 542. The number of aromatic nitrogens is 3. The summed E-state index contributed by atoms with van der Waals surface area (Å²) in [7, 11) is 0. The number of hydrogen-bond acceptors (Lipinski definition) is 5. The molecule has 0 N–H and O–H groups in total. The molecule has 1 aromatic rings. The molecule has 0 amide bonds. The van der Waals surface area contributed by atoms with Gasteiger partial charge >= 0.3 is 0 Å². The molecule has 0 radical (unpaired) electrons. The summed E-state index contributed by atoms with van der Waals surface area (Å²) >= 11 is 0. The van der Waals surface area contributed by atoms with Crippen molar-refractivity contribution in [2.45, 2.75) is 69.9 Å². The van der Waals surface area contributed by atoms with E-state index in [1.54, 1.807) is 0 Å². The lowest BCUT2D eigenvalue weighted by Crippen LogP contribution is -2.44. The van der Waals surface area contributed by atoms with E-state index in [1.165, 1.54) is 44.6 Å². The van der Waals surface area contributed by atoms with Crippen molar-refractivity contribution in [1.82, 2.24) is 19.7 Å². The van der Waals surface area contributed by atoms with Gasteiger partial charge < -0.3 is 14.4 Å². The Morgan fingerprint density at radius 2 is 1.72 bits per heavy atom. The zero-order chi connectivity index (χ0) is 17.1. The first kappa shape index (κ1) is 17.4. The Morgan fingerprint density at radius 3 is 2.40 bits per heavy atom. The molecule has 4 rings (SSSR count). The van der Waals surface area contributed by atoms with Crippen molar-refractivity contribution < 1.29 is 9.47 Å². The lowest BCUT2D eigenvalue weighted by molar-refractivity contribution is 0.0247. The van der Waals surface area contributed by atoms with Gasteiger partial charge in [-0.25, -0.2) is 9.67 Å². The highest BCUT2D eigenvalue weighted by Gasteiger charge is 2.31. The van der Waals surface area contributed by atoms with Crippen LogP contribution in [0.3, 0.4) is 0 Å². The van der Waals surface area contributed by atoms with Crippen LogP contribution < -0.4 is 0 Å². The van der Waals surface area contributed by atoms with Crippen LogP contribution in [0.2, 0.25) is 0 Å². The van der Waals surface area contributed by atoms with Crippen LogP contribution in [0.4, 0.5) is 0 Å². The summed E-state index contributed by atoms with van der Waals surface area (Å²) in [5.74, 6) is 3.22. The number of nitrogens with zero attached hydrogens (tertiary/aromatic N) is 4. The fraction of sp³-hybridized carbons (Fsp3) is 0.895. The summed E-state index contributed by atoms with van der Waals surface area (Å²) in [5.41, 5.74) is 0. The van der Waals surface area contributed by atoms with Crippen LogP contribution in [0.5, 0.6) is 0 Å². The zero-order valence-corrected chi connectivity index (χ0v) is 15.5. The second-order valence-corrected chi connectivity index (χ2v) is 7.77. The lowest BCUT2D eigenvalue weighted by Gasteiger charge is -2.39. The van der Waals surface area contributed by atoms with E-state index >= 15 is 0 Å². The summed E-state index contributed by atoms with van der Waals surface area (Å²) in [5, 5.41) is 4.86. The summed E-state index contributed by atoms with van der Waals surface area (Å²) in [6, 6.07) is 0.731. The molecule has 0 aliphatic carbocycles. The quantitative estimate of drug-likeness (QED) is 0.818. The normalized spacial score (nSPS) is 27.2. The summed E-state index contributed by atoms with van der Waals surface area (Å²) in [6.45, 7) is 9.09. The van der Waals surface area contributed by atoms with E-state index in [2.05, 4.69) is 16.5 Å². The van der Waals surface area contributed by atoms with E-state index < -0.39 is 0 Å². The smallest absolute Gasteiger partial charge is 0.156 e. The molecule has 6 nitrogen and oxygen atoms in total. The molecule has 3 saturated heterocycles. The van der Waals surface area contributed by atoms with Gasteiger partial charge in [-0.2, -0.15) is 5.10 Å². The molecule has 3 fully saturated rings. The number of rotatable bonds is 5. The van der Waals surface area contributed by atoms with Gasteiger partial charge in [0.1, 0.15) is 5.82 Å². The molecule has 140 valence electrons. The molecule has 0 saturated carbocycles. The molecule has 4 heterocycles. The minimum Gasteiger partial charge on any atom is -0.381 e. The van der Waals surface area contributed by atoms with Gasteiger partial charge in [-0.05, 0) is 51.6 Å². The molecule has 0 unspecified atom stereocenters. The average molecular weight is 348 g/mol. The van der Waals surface area contributed by atoms with Gasteiger partial charge in [0.25, 0.3) is 0 Å². The van der Waals surface area contributed by atoms with Crippen molar-refractivity contribution in [2.75, 3.05) is 39.5 Å². The Labute approximate surface area is 150 Å². The van der Waals surface area contributed by atoms with E-state index in [-0.39, 0.29) is 0 Å². The van der Waals surface area contributed by atoms with Gasteiger partial charge in [-0.3, -0.25) is 0 Å². The minimum absolute atomic E-state index is 0.402. The van der Waals surface area contributed by atoms with Gasteiger partial charge in [-0.1, -0.05) is 6.92 Å². The second kappa shape index (κ2) is 8.14. The van der Waals surface area contributed by atoms with Gasteiger partial charge in [0.05, 0.1) is 6.61 Å². The molecule has 3 aliphatic heterocycles. The Morgan fingerprint density at radius 1 is 0.960 bits per heavy atom. The molecule has 25 heavy (non-hydrogen) atoms. The maximum absolute atomic E-state index is 5.54. The molecule has 0 bridgehead atoms. The monoisotopic (exact) mass is 348 g/mol. The highest BCUT2D eigenvalue weighted by molar-refractivity contribution is 5.07. The number of aryl methyl sites for hydroxylation is 1. The third kappa shape index (κ3) is 3.91. The van der Waals surface area contributed by atoms with E-state index in [9.17, 15) is 0 Å². The van der Waals surface area contributed by atoms with Crippen molar-refractivity contribution in [1.29, 1.82) is 0 Å². The van der Waals surface area contributed by atoms with Crippen LogP contribution in [-0.2, 0) is 16.0 Å². The first-order valence-corrected chi connectivity index (χ1v) is 10.2. The Balaban J connectivity index is 1.42. The van der Waals surface area contributed by atoms with Crippen molar-refractivity contribution in [2.24, 2.45) is 0 Å². The third-order valence-electron chi connectivity index (χ3n) is 6.05. The van der Waals surface area contributed by atoms with Gasteiger partial charge in [0, 0.05) is 44.2 Å². The van der Waals surface area contributed by atoms with Crippen LogP contribution in [0.15, 0.2) is 0 Å². The van der Waals surface area contributed by atoms with Gasteiger partial charge in [0.2, 0.25) is 0 Å². The van der Waals surface area contributed by atoms with Crippen LogP contribution in [0.25, 0.3) is 0 Å². The fourth-order valence-corrected chi connectivity index (χ4v) is 4.53. The molecule has 3 aliphatic rings. The highest BCUT2D eigenvalue weighted by Crippen LogP contribution is 2.31. The topological polar surface area (TPSA) is 52.4 Å². The maximum Gasteiger partial charge on any atom is 0.156 e. The maximum atomic E-state index is 5.54. The lowest BCUT2D eigenvalue weighted by atomic mass is 9.93. The first-order chi connectivity index (χ1) is 12.3. The van der Waals surface area contributed by atoms with E-state index in [0.717, 1.165) is 57.7 Å². The molecule has 0 aromatic carbocycles. The molecular weight excluding hydrogens is 316 g/mol.